The van der Waals surface area contributed by atoms with Gasteiger partial charge in [0.05, 0.1) is 11.0 Å². The van der Waals surface area contributed by atoms with Gasteiger partial charge in [0.2, 0.25) is 0 Å². The number of piperidine rings is 1. The van der Waals surface area contributed by atoms with E-state index in [9.17, 15) is 0 Å². The van der Waals surface area contributed by atoms with Crippen LogP contribution in [0.4, 0.5) is 0 Å². The Morgan fingerprint density at radius 2 is 1.55 bits per heavy atom. The van der Waals surface area contributed by atoms with Crippen LogP contribution >= 0.6 is 23.2 Å². The molecular formula is C26H25Cl2N3. The lowest BCUT2D eigenvalue weighted by molar-refractivity contribution is 0.200. The second-order valence-corrected chi connectivity index (χ2v) is 9.22. The van der Waals surface area contributed by atoms with Gasteiger partial charge in [0.15, 0.2) is 0 Å². The Morgan fingerprint density at radius 1 is 0.774 bits per heavy atom. The van der Waals surface area contributed by atoms with Crippen molar-refractivity contribution in [3.05, 3.63) is 99.8 Å². The van der Waals surface area contributed by atoms with E-state index in [1.807, 2.05) is 24.3 Å². The van der Waals surface area contributed by atoms with Crippen LogP contribution in [0.25, 0.3) is 11.0 Å². The third-order valence-electron chi connectivity index (χ3n) is 6.19. The molecule has 1 aromatic heterocycles. The third-order valence-corrected chi connectivity index (χ3v) is 6.67. The first-order valence-corrected chi connectivity index (χ1v) is 11.6. The van der Waals surface area contributed by atoms with Gasteiger partial charge in [-0.05, 0) is 73.5 Å². The van der Waals surface area contributed by atoms with Crippen LogP contribution in [-0.4, -0.2) is 27.5 Å². The molecule has 0 saturated carbocycles. The molecule has 4 aromatic rings. The summed E-state index contributed by atoms with van der Waals surface area (Å²) >= 11 is 12.3. The van der Waals surface area contributed by atoms with Crippen LogP contribution in [0.3, 0.4) is 0 Å². The van der Waals surface area contributed by atoms with Crippen molar-refractivity contribution in [2.75, 3.05) is 13.1 Å². The van der Waals surface area contributed by atoms with Gasteiger partial charge in [-0.1, -0.05) is 59.6 Å². The molecule has 0 bridgehead atoms. The summed E-state index contributed by atoms with van der Waals surface area (Å²) in [7, 11) is 0. The van der Waals surface area contributed by atoms with Crippen molar-refractivity contribution in [3.63, 3.8) is 0 Å². The number of nitrogens with zero attached hydrogens (tertiary/aromatic N) is 3. The number of likely N-dealkylation sites (tertiary alicyclic amines) is 1. The van der Waals surface area contributed by atoms with E-state index in [2.05, 4.69) is 58.0 Å². The molecule has 5 heteroatoms. The molecule has 1 aliphatic heterocycles. The van der Waals surface area contributed by atoms with Gasteiger partial charge in [-0.2, -0.15) is 0 Å². The van der Waals surface area contributed by atoms with Crippen molar-refractivity contribution in [1.29, 1.82) is 0 Å². The molecule has 0 aliphatic carbocycles. The zero-order valence-electron chi connectivity index (χ0n) is 17.3. The molecule has 5 rings (SSSR count). The van der Waals surface area contributed by atoms with Crippen molar-refractivity contribution in [1.82, 2.24) is 14.5 Å². The predicted molar refractivity (Wildman–Crippen MR) is 129 cm³/mol. The normalized spacial score (nSPS) is 15.5. The number of hydrogen-bond acceptors (Lipinski definition) is 2. The maximum absolute atomic E-state index is 6.16. The Bertz CT molecular complexity index is 1170. The highest BCUT2D eigenvalue weighted by molar-refractivity contribution is 6.30. The maximum atomic E-state index is 6.16. The van der Waals surface area contributed by atoms with Gasteiger partial charge >= 0.3 is 0 Å². The van der Waals surface area contributed by atoms with Gasteiger partial charge in [0.1, 0.15) is 5.82 Å². The highest BCUT2D eigenvalue weighted by atomic mass is 35.5. The molecule has 2 heterocycles. The van der Waals surface area contributed by atoms with Gasteiger partial charge in [-0.3, -0.25) is 4.90 Å². The fraction of sp³-hybridized carbons (Fsp3) is 0.269. The molecule has 1 fully saturated rings. The molecule has 0 spiro atoms. The number of imidazole rings is 1. The van der Waals surface area contributed by atoms with E-state index in [0.29, 0.717) is 5.92 Å². The quantitative estimate of drug-likeness (QED) is 0.335. The van der Waals surface area contributed by atoms with Gasteiger partial charge in [-0.15, -0.1) is 0 Å². The van der Waals surface area contributed by atoms with Crippen molar-refractivity contribution in [2.24, 2.45) is 0 Å². The molecule has 31 heavy (non-hydrogen) atoms. The fourth-order valence-electron chi connectivity index (χ4n) is 4.59. The number of hydrogen-bond donors (Lipinski definition) is 0. The average Bonchev–Trinajstić information content (AvgIpc) is 3.14. The van der Waals surface area contributed by atoms with Gasteiger partial charge in [0.25, 0.3) is 0 Å². The summed E-state index contributed by atoms with van der Waals surface area (Å²) in [5.41, 5.74) is 4.80. The molecular weight excluding hydrogens is 425 g/mol. The van der Waals surface area contributed by atoms with E-state index >= 15 is 0 Å². The van der Waals surface area contributed by atoms with Crippen molar-refractivity contribution in [3.8, 4) is 0 Å². The second-order valence-electron chi connectivity index (χ2n) is 8.35. The minimum atomic E-state index is 0.468. The summed E-state index contributed by atoms with van der Waals surface area (Å²) in [5.74, 6) is 1.67. The summed E-state index contributed by atoms with van der Waals surface area (Å²) in [6, 6.07) is 24.8. The number of benzene rings is 3. The largest absolute Gasteiger partial charge is 0.323 e. The summed E-state index contributed by atoms with van der Waals surface area (Å²) in [6.45, 7) is 3.91. The minimum Gasteiger partial charge on any atom is -0.323 e. The maximum Gasteiger partial charge on any atom is 0.113 e. The zero-order valence-corrected chi connectivity index (χ0v) is 18.9. The summed E-state index contributed by atoms with van der Waals surface area (Å²) < 4.78 is 2.40. The van der Waals surface area contributed by atoms with Crippen molar-refractivity contribution >= 4 is 34.2 Å². The number of fused-ring (bicyclic) bond motifs is 1. The number of para-hydroxylation sites is 2. The molecule has 0 N–H and O–H groups in total. The highest BCUT2D eigenvalue weighted by Crippen LogP contribution is 2.31. The summed E-state index contributed by atoms with van der Waals surface area (Å²) in [6.07, 6.45) is 2.23. The molecule has 0 atom stereocenters. The number of halogens is 2. The topological polar surface area (TPSA) is 21.1 Å². The first kappa shape index (κ1) is 20.6. The van der Waals surface area contributed by atoms with E-state index < -0.39 is 0 Å². The Morgan fingerprint density at radius 3 is 2.32 bits per heavy atom. The van der Waals surface area contributed by atoms with Gasteiger partial charge < -0.3 is 4.57 Å². The smallest absolute Gasteiger partial charge is 0.113 e. The number of rotatable bonds is 5. The minimum absolute atomic E-state index is 0.468. The molecule has 3 nitrogen and oxygen atoms in total. The first-order valence-electron chi connectivity index (χ1n) is 10.8. The Labute approximate surface area is 193 Å². The van der Waals surface area contributed by atoms with Gasteiger partial charge in [-0.25, -0.2) is 4.98 Å². The summed E-state index contributed by atoms with van der Waals surface area (Å²) in [4.78, 5) is 7.59. The molecule has 0 radical (unpaired) electrons. The highest BCUT2D eigenvalue weighted by Gasteiger charge is 2.25. The lowest BCUT2D eigenvalue weighted by Crippen LogP contribution is -2.33. The number of aromatic nitrogens is 2. The van der Waals surface area contributed by atoms with Crippen LogP contribution in [0.2, 0.25) is 10.0 Å². The van der Waals surface area contributed by atoms with Gasteiger partial charge in [0, 0.05) is 29.1 Å². The molecule has 3 aromatic carbocycles. The van der Waals surface area contributed by atoms with Crippen LogP contribution in [0, 0.1) is 0 Å². The molecule has 158 valence electrons. The predicted octanol–water partition coefficient (Wildman–Crippen LogP) is 6.77. The van der Waals surface area contributed by atoms with E-state index in [4.69, 9.17) is 28.2 Å². The first-order chi connectivity index (χ1) is 15.2. The zero-order chi connectivity index (χ0) is 21.2. The third kappa shape index (κ3) is 4.64. The lowest BCUT2D eigenvalue weighted by Gasteiger charge is -2.32. The Kier molecular flexibility index (Phi) is 5.99. The van der Waals surface area contributed by atoms with E-state index in [1.54, 1.807) is 0 Å². The summed E-state index contributed by atoms with van der Waals surface area (Å²) in [5, 5.41) is 1.58. The van der Waals surface area contributed by atoms with Crippen molar-refractivity contribution in [2.45, 2.75) is 31.8 Å². The van der Waals surface area contributed by atoms with Crippen LogP contribution in [0.5, 0.6) is 0 Å². The molecule has 1 saturated heterocycles. The van der Waals surface area contributed by atoms with Crippen LogP contribution in [0.1, 0.15) is 35.7 Å². The standard InChI is InChI=1S/C26H25Cl2N3/c27-22-10-8-19(9-11-22)18-31-25-7-2-1-6-24(25)29-26(31)21-12-14-30(15-13-21)17-20-4-3-5-23(28)16-20/h1-11,16,21H,12-15,17-18H2. The average molecular weight is 450 g/mol. The van der Waals surface area contributed by atoms with Crippen molar-refractivity contribution < 1.29 is 0 Å². The van der Waals surface area contributed by atoms with E-state index in [0.717, 1.165) is 54.6 Å². The Hall–Kier alpha value is -2.33. The van der Waals surface area contributed by atoms with E-state index in [-0.39, 0.29) is 0 Å². The van der Waals surface area contributed by atoms with Crippen LogP contribution in [0.15, 0.2) is 72.8 Å². The second kappa shape index (κ2) is 9.04. The lowest BCUT2D eigenvalue weighted by atomic mass is 9.95. The SMILES string of the molecule is Clc1ccc(Cn2c(C3CCN(Cc4cccc(Cl)c4)CC3)nc3ccccc32)cc1. The fourth-order valence-corrected chi connectivity index (χ4v) is 4.93. The van der Waals surface area contributed by atoms with E-state index in [1.165, 1.54) is 22.5 Å². The van der Waals surface area contributed by atoms with Crippen LogP contribution < -0.4 is 0 Å². The Balaban J connectivity index is 1.36. The molecule has 0 unspecified atom stereocenters. The molecule has 0 amide bonds. The monoisotopic (exact) mass is 449 g/mol. The molecule has 1 aliphatic rings. The van der Waals surface area contributed by atoms with Crippen LogP contribution in [-0.2, 0) is 13.1 Å².